The van der Waals surface area contributed by atoms with Gasteiger partial charge in [0.05, 0.1) is 17.2 Å². The molecule has 2 aromatic carbocycles. The van der Waals surface area contributed by atoms with Crippen LogP contribution in [0.1, 0.15) is 12.5 Å². The van der Waals surface area contributed by atoms with Crippen LogP contribution in [0.25, 0.3) is 0 Å². The van der Waals surface area contributed by atoms with Gasteiger partial charge in [0.2, 0.25) is 0 Å². The molecular formula is C20H18ClF3N2O5S. The SMILES string of the molecule is CCOC(=O)CN(c1ccc(Cl)cc1)S(=O)(=O)c1ccc2c(c1)CCN2C(=O)C(F)(F)F. The lowest BCUT2D eigenvalue weighted by Crippen LogP contribution is -2.40. The number of carbonyl (C=O) groups excluding carboxylic acids is 2. The van der Waals surface area contributed by atoms with E-state index in [9.17, 15) is 31.2 Å². The van der Waals surface area contributed by atoms with Crippen LogP contribution in [-0.2, 0) is 30.8 Å². The number of nitrogens with zero attached hydrogens (tertiary/aromatic N) is 2. The monoisotopic (exact) mass is 490 g/mol. The number of alkyl halides is 3. The Morgan fingerprint density at radius 1 is 1.16 bits per heavy atom. The van der Waals surface area contributed by atoms with Crippen LogP contribution >= 0.6 is 11.6 Å². The van der Waals surface area contributed by atoms with E-state index in [1.807, 2.05) is 0 Å². The Morgan fingerprint density at radius 2 is 1.81 bits per heavy atom. The van der Waals surface area contributed by atoms with Crippen molar-refractivity contribution in [1.29, 1.82) is 0 Å². The Hall–Kier alpha value is -2.79. The molecule has 0 saturated carbocycles. The first kappa shape index (κ1) is 23.9. The number of carbonyl (C=O) groups is 2. The fourth-order valence-corrected chi connectivity index (χ4v) is 4.86. The lowest BCUT2D eigenvalue weighted by Gasteiger charge is -2.24. The third-order valence-corrected chi connectivity index (χ3v) is 6.74. The van der Waals surface area contributed by atoms with E-state index >= 15 is 0 Å². The molecular weight excluding hydrogens is 473 g/mol. The summed E-state index contributed by atoms with van der Waals surface area (Å²) in [5.41, 5.74) is 0.419. The Morgan fingerprint density at radius 3 is 2.41 bits per heavy atom. The van der Waals surface area contributed by atoms with E-state index in [4.69, 9.17) is 16.3 Å². The summed E-state index contributed by atoms with van der Waals surface area (Å²) in [7, 11) is -4.30. The van der Waals surface area contributed by atoms with Gasteiger partial charge in [0, 0.05) is 17.3 Å². The number of fused-ring (bicyclic) bond motifs is 1. The van der Waals surface area contributed by atoms with Gasteiger partial charge in [-0.15, -0.1) is 0 Å². The minimum Gasteiger partial charge on any atom is -0.465 e. The predicted octanol–water partition coefficient (Wildman–Crippen LogP) is 3.55. The average Bonchev–Trinajstić information content (AvgIpc) is 3.14. The standard InChI is InChI=1S/C20H18ClF3N2O5S/c1-2-31-18(27)12-26(15-5-3-14(21)4-6-15)32(29,30)16-7-8-17-13(11-16)9-10-25(17)19(28)20(22,23)24/h3-8,11H,2,9-10,12H2,1H3. The van der Waals surface area contributed by atoms with Crippen LogP contribution < -0.4 is 9.21 Å². The fraction of sp³-hybridized carbons (Fsp3) is 0.300. The van der Waals surface area contributed by atoms with Crippen molar-refractivity contribution in [3.05, 3.63) is 53.1 Å². The Kier molecular flexibility index (Phi) is 6.70. The molecule has 0 atom stereocenters. The van der Waals surface area contributed by atoms with Crippen molar-refractivity contribution in [2.24, 2.45) is 0 Å². The average molecular weight is 491 g/mol. The summed E-state index contributed by atoms with van der Waals surface area (Å²) in [6.45, 7) is 0.789. The Labute approximate surface area is 187 Å². The summed E-state index contributed by atoms with van der Waals surface area (Å²) in [5, 5.41) is 0.356. The molecule has 0 fully saturated rings. The first-order chi connectivity index (χ1) is 14.9. The molecule has 0 spiro atoms. The highest BCUT2D eigenvalue weighted by atomic mass is 35.5. The van der Waals surface area contributed by atoms with Crippen molar-refractivity contribution in [3.8, 4) is 0 Å². The maximum absolute atomic E-state index is 13.4. The normalized spacial score (nSPS) is 13.6. The zero-order valence-electron chi connectivity index (χ0n) is 16.7. The Bertz CT molecular complexity index is 1140. The van der Waals surface area contributed by atoms with Gasteiger partial charge in [-0.2, -0.15) is 13.2 Å². The molecule has 0 aliphatic carbocycles. The molecule has 0 N–H and O–H groups in total. The summed E-state index contributed by atoms with van der Waals surface area (Å²) in [4.78, 5) is 24.0. The number of hydrogen-bond acceptors (Lipinski definition) is 5. The second kappa shape index (κ2) is 8.99. The van der Waals surface area contributed by atoms with Crippen LogP contribution in [0, 0.1) is 0 Å². The van der Waals surface area contributed by atoms with Crippen molar-refractivity contribution in [3.63, 3.8) is 0 Å². The summed E-state index contributed by atoms with van der Waals surface area (Å²) in [6, 6.07) is 9.20. The topological polar surface area (TPSA) is 84.0 Å². The molecule has 1 amide bonds. The van der Waals surface area contributed by atoms with Crippen molar-refractivity contribution < 1.29 is 35.9 Å². The van der Waals surface area contributed by atoms with Gasteiger partial charge < -0.3 is 9.64 Å². The molecule has 2 aromatic rings. The maximum atomic E-state index is 13.4. The number of halogens is 4. The third-order valence-electron chi connectivity index (χ3n) is 4.71. The van der Waals surface area contributed by atoms with Crippen LogP contribution in [0.2, 0.25) is 5.02 Å². The number of anilines is 2. The van der Waals surface area contributed by atoms with Crippen molar-refractivity contribution >= 4 is 44.9 Å². The highest BCUT2D eigenvalue weighted by Gasteiger charge is 2.45. The molecule has 3 rings (SSSR count). The quantitative estimate of drug-likeness (QED) is 0.578. The molecule has 0 saturated heterocycles. The van der Waals surface area contributed by atoms with Crippen molar-refractivity contribution in [2.75, 3.05) is 28.9 Å². The molecule has 0 unspecified atom stereocenters. The van der Waals surface area contributed by atoms with E-state index < -0.39 is 34.6 Å². The highest BCUT2D eigenvalue weighted by Crippen LogP contribution is 2.35. The number of esters is 1. The number of hydrogen-bond donors (Lipinski definition) is 0. The first-order valence-electron chi connectivity index (χ1n) is 9.40. The van der Waals surface area contributed by atoms with Crippen LogP contribution in [0.4, 0.5) is 24.5 Å². The molecule has 12 heteroatoms. The third kappa shape index (κ3) is 4.83. The van der Waals surface area contributed by atoms with Gasteiger partial charge in [-0.3, -0.25) is 13.9 Å². The molecule has 0 aromatic heterocycles. The molecule has 0 radical (unpaired) electrons. The van der Waals surface area contributed by atoms with E-state index in [0.29, 0.717) is 9.92 Å². The number of sulfonamides is 1. The van der Waals surface area contributed by atoms with Gasteiger partial charge in [0.1, 0.15) is 6.54 Å². The molecule has 172 valence electrons. The van der Waals surface area contributed by atoms with E-state index in [1.54, 1.807) is 6.92 Å². The van der Waals surface area contributed by atoms with Crippen LogP contribution in [-0.4, -0.2) is 46.2 Å². The van der Waals surface area contributed by atoms with Crippen molar-refractivity contribution in [2.45, 2.75) is 24.4 Å². The molecule has 1 aliphatic heterocycles. The number of benzene rings is 2. The minimum atomic E-state index is -5.04. The van der Waals surface area contributed by atoms with E-state index in [0.717, 1.165) is 16.4 Å². The predicted molar refractivity (Wildman–Crippen MR) is 111 cm³/mol. The van der Waals surface area contributed by atoms with Crippen LogP contribution in [0.3, 0.4) is 0 Å². The fourth-order valence-electron chi connectivity index (χ4n) is 3.28. The number of amides is 1. The van der Waals surface area contributed by atoms with Crippen LogP contribution in [0.15, 0.2) is 47.4 Å². The summed E-state index contributed by atoms with van der Waals surface area (Å²) in [6.07, 6.45) is -4.99. The van der Waals surface area contributed by atoms with E-state index in [2.05, 4.69) is 0 Å². The van der Waals surface area contributed by atoms with Gasteiger partial charge in [-0.25, -0.2) is 8.42 Å². The summed E-state index contributed by atoms with van der Waals surface area (Å²) >= 11 is 5.87. The first-order valence-corrected chi connectivity index (χ1v) is 11.2. The lowest BCUT2D eigenvalue weighted by atomic mass is 10.2. The molecule has 1 aliphatic rings. The minimum absolute atomic E-state index is 0.00490. The second-order valence-electron chi connectivity index (χ2n) is 6.79. The second-order valence-corrected chi connectivity index (χ2v) is 9.09. The van der Waals surface area contributed by atoms with Gasteiger partial charge in [0.15, 0.2) is 0 Å². The van der Waals surface area contributed by atoms with Gasteiger partial charge in [0.25, 0.3) is 10.0 Å². The molecule has 32 heavy (non-hydrogen) atoms. The van der Waals surface area contributed by atoms with Crippen LogP contribution in [0.5, 0.6) is 0 Å². The van der Waals surface area contributed by atoms with Crippen molar-refractivity contribution in [1.82, 2.24) is 0 Å². The van der Waals surface area contributed by atoms with E-state index in [1.165, 1.54) is 30.3 Å². The highest BCUT2D eigenvalue weighted by molar-refractivity contribution is 7.92. The summed E-state index contributed by atoms with van der Waals surface area (Å²) in [5.74, 6) is -2.80. The zero-order chi connectivity index (χ0) is 23.7. The number of rotatable bonds is 6. The van der Waals surface area contributed by atoms with E-state index in [-0.39, 0.29) is 41.4 Å². The molecule has 0 bridgehead atoms. The molecule has 1 heterocycles. The summed E-state index contributed by atoms with van der Waals surface area (Å²) < 4.78 is 70.9. The zero-order valence-corrected chi connectivity index (χ0v) is 18.3. The largest absolute Gasteiger partial charge is 0.471 e. The molecule has 7 nitrogen and oxygen atoms in total. The van der Waals surface area contributed by atoms with Gasteiger partial charge in [-0.05, 0) is 61.4 Å². The Balaban J connectivity index is 1.99. The smallest absolute Gasteiger partial charge is 0.465 e. The van der Waals surface area contributed by atoms with Gasteiger partial charge >= 0.3 is 18.1 Å². The maximum Gasteiger partial charge on any atom is 0.471 e. The number of ether oxygens (including phenoxy) is 1. The lowest BCUT2D eigenvalue weighted by molar-refractivity contribution is -0.170. The van der Waals surface area contributed by atoms with Gasteiger partial charge in [-0.1, -0.05) is 11.6 Å².